The maximum absolute atomic E-state index is 12.7. The molecule has 1 fully saturated rings. The van der Waals surface area contributed by atoms with Gasteiger partial charge in [-0.1, -0.05) is 71.5 Å². The van der Waals surface area contributed by atoms with Crippen LogP contribution in [0.25, 0.3) is 21.6 Å². The first kappa shape index (κ1) is 22.2. The number of carbonyl (C=O) groups excluding carboxylic acids is 1. The van der Waals surface area contributed by atoms with E-state index in [1.807, 2.05) is 72.5 Å². The minimum absolute atomic E-state index is 0.0228. The molecule has 5 rings (SSSR count). The number of carbonyl (C=O) groups is 1. The largest absolute Gasteiger partial charge is 0.337 e. The SMILES string of the molecule is Cc1ccc(-c2nn3c(=O)cc(CN4CCN(C(=O)/C=C/c5ccccc5)CC4)nc3s2)cc1. The lowest BCUT2D eigenvalue weighted by Crippen LogP contribution is -2.48. The Balaban J connectivity index is 1.23. The van der Waals surface area contributed by atoms with Gasteiger partial charge in [0, 0.05) is 50.4 Å². The summed E-state index contributed by atoms with van der Waals surface area (Å²) in [6, 6.07) is 19.5. The van der Waals surface area contributed by atoms with Crippen LogP contribution in [-0.4, -0.2) is 56.5 Å². The molecular weight excluding hydrogens is 446 g/mol. The number of hydrogen-bond acceptors (Lipinski definition) is 6. The van der Waals surface area contributed by atoms with E-state index in [9.17, 15) is 9.59 Å². The fourth-order valence-corrected chi connectivity index (χ4v) is 4.87. The predicted molar refractivity (Wildman–Crippen MR) is 135 cm³/mol. The lowest BCUT2D eigenvalue weighted by molar-refractivity contribution is -0.127. The minimum atomic E-state index is -0.172. The monoisotopic (exact) mass is 471 g/mol. The second-order valence-electron chi connectivity index (χ2n) is 8.40. The van der Waals surface area contributed by atoms with Crippen molar-refractivity contribution in [2.75, 3.05) is 26.2 Å². The van der Waals surface area contributed by atoms with Crippen LogP contribution in [-0.2, 0) is 11.3 Å². The highest BCUT2D eigenvalue weighted by Gasteiger charge is 2.21. The number of fused-ring (bicyclic) bond motifs is 1. The molecule has 1 amide bonds. The molecule has 0 saturated carbocycles. The zero-order valence-corrected chi connectivity index (χ0v) is 19.7. The van der Waals surface area contributed by atoms with Gasteiger partial charge in [0.05, 0.1) is 5.69 Å². The van der Waals surface area contributed by atoms with E-state index in [0.717, 1.165) is 34.9 Å². The zero-order valence-electron chi connectivity index (χ0n) is 18.9. The molecule has 0 unspecified atom stereocenters. The van der Waals surface area contributed by atoms with Gasteiger partial charge in [-0.2, -0.15) is 9.61 Å². The average Bonchev–Trinajstić information content (AvgIpc) is 3.29. The van der Waals surface area contributed by atoms with Crippen LogP contribution in [0.5, 0.6) is 0 Å². The van der Waals surface area contributed by atoms with Crippen LogP contribution in [0.2, 0.25) is 0 Å². The standard InChI is InChI=1S/C26H25N5O2S/c1-19-7-10-21(11-8-19)25-28-31-24(33)17-22(27-26(31)34-25)18-29-13-15-30(16-14-29)23(32)12-9-20-5-3-2-4-6-20/h2-12,17H,13-16,18H2,1H3/b12-9+. The molecule has 0 aliphatic carbocycles. The summed E-state index contributed by atoms with van der Waals surface area (Å²) in [7, 11) is 0. The van der Waals surface area contributed by atoms with E-state index in [2.05, 4.69) is 10.00 Å². The van der Waals surface area contributed by atoms with Crippen LogP contribution in [0.3, 0.4) is 0 Å². The number of aryl methyl sites for hydroxylation is 1. The van der Waals surface area contributed by atoms with Crippen molar-refractivity contribution in [1.29, 1.82) is 0 Å². The van der Waals surface area contributed by atoms with Gasteiger partial charge in [0.15, 0.2) is 0 Å². The molecule has 2 aromatic heterocycles. The lowest BCUT2D eigenvalue weighted by Gasteiger charge is -2.34. The topological polar surface area (TPSA) is 70.8 Å². The molecule has 3 heterocycles. The average molecular weight is 472 g/mol. The van der Waals surface area contributed by atoms with Gasteiger partial charge in [0.2, 0.25) is 10.9 Å². The highest BCUT2D eigenvalue weighted by molar-refractivity contribution is 7.19. The molecule has 0 radical (unpaired) electrons. The number of hydrogen-bond donors (Lipinski definition) is 0. The van der Waals surface area contributed by atoms with E-state index in [4.69, 9.17) is 4.98 Å². The Hall–Kier alpha value is -3.62. The van der Waals surface area contributed by atoms with E-state index in [1.165, 1.54) is 21.4 Å². The summed E-state index contributed by atoms with van der Waals surface area (Å²) in [4.78, 5) is 34.6. The molecule has 172 valence electrons. The van der Waals surface area contributed by atoms with Crippen molar-refractivity contribution in [1.82, 2.24) is 24.4 Å². The van der Waals surface area contributed by atoms with Crippen LogP contribution >= 0.6 is 11.3 Å². The van der Waals surface area contributed by atoms with Crippen LogP contribution < -0.4 is 5.56 Å². The molecule has 0 bridgehead atoms. The van der Waals surface area contributed by atoms with Crippen molar-refractivity contribution >= 4 is 28.3 Å². The van der Waals surface area contributed by atoms with Gasteiger partial charge in [-0.15, -0.1) is 0 Å². The predicted octanol–water partition coefficient (Wildman–Crippen LogP) is 3.48. The molecule has 1 aliphatic heterocycles. The van der Waals surface area contributed by atoms with Crippen LogP contribution in [0.1, 0.15) is 16.8 Å². The third-order valence-corrected chi connectivity index (χ3v) is 6.84. The van der Waals surface area contributed by atoms with E-state index in [1.54, 1.807) is 12.1 Å². The third kappa shape index (κ3) is 4.98. The Kier molecular flexibility index (Phi) is 6.33. The fourth-order valence-electron chi connectivity index (χ4n) is 3.94. The number of nitrogens with zero attached hydrogens (tertiary/aromatic N) is 5. The summed E-state index contributed by atoms with van der Waals surface area (Å²) in [6.07, 6.45) is 3.48. The molecule has 34 heavy (non-hydrogen) atoms. The van der Waals surface area contributed by atoms with Gasteiger partial charge in [-0.05, 0) is 18.6 Å². The Labute approximate surface area is 201 Å². The molecule has 2 aromatic carbocycles. The Morgan fingerprint density at radius 1 is 1.03 bits per heavy atom. The van der Waals surface area contributed by atoms with Crippen LogP contribution in [0, 0.1) is 6.92 Å². The lowest BCUT2D eigenvalue weighted by atomic mass is 10.2. The Morgan fingerprint density at radius 2 is 1.76 bits per heavy atom. The van der Waals surface area contributed by atoms with Gasteiger partial charge < -0.3 is 4.90 Å². The third-order valence-electron chi connectivity index (χ3n) is 5.88. The molecule has 0 atom stereocenters. The number of rotatable bonds is 5. The summed E-state index contributed by atoms with van der Waals surface area (Å²) in [5.74, 6) is 0.0228. The van der Waals surface area contributed by atoms with Gasteiger partial charge >= 0.3 is 0 Å². The summed E-state index contributed by atoms with van der Waals surface area (Å²) >= 11 is 1.42. The van der Waals surface area contributed by atoms with Crippen LogP contribution in [0.15, 0.2) is 71.5 Å². The van der Waals surface area contributed by atoms with Crippen molar-refractivity contribution in [3.63, 3.8) is 0 Å². The summed E-state index contributed by atoms with van der Waals surface area (Å²) in [6.45, 7) is 5.39. The highest BCUT2D eigenvalue weighted by atomic mass is 32.1. The van der Waals surface area contributed by atoms with Gasteiger partial charge in [0.1, 0.15) is 5.01 Å². The van der Waals surface area contributed by atoms with E-state index in [0.29, 0.717) is 24.6 Å². The first-order valence-corrected chi connectivity index (χ1v) is 12.1. The molecule has 0 N–H and O–H groups in total. The van der Waals surface area contributed by atoms with E-state index < -0.39 is 0 Å². The number of aromatic nitrogens is 3. The van der Waals surface area contributed by atoms with E-state index >= 15 is 0 Å². The van der Waals surface area contributed by atoms with Gasteiger partial charge in [-0.25, -0.2) is 4.98 Å². The molecule has 8 heteroatoms. The first-order valence-electron chi connectivity index (χ1n) is 11.3. The Bertz CT molecular complexity index is 1380. The number of benzene rings is 2. The molecule has 4 aromatic rings. The molecule has 1 saturated heterocycles. The number of amides is 1. The normalized spacial score (nSPS) is 14.8. The second kappa shape index (κ2) is 9.70. The molecular formula is C26H25N5O2S. The molecule has 7 nitrogen and oxygen atoms in total. The van der Waals surface area contributed by atoms with Gasteiger partial charge in [-0.3, -0.25) is 14.5 Å². The van der Waals surface area contributed by atoms with Crippen molar-refractivity contribution in [2.45, 2.75) is 13.5 Å². The summed E-state index contributed by atoms with van der Waals surface area (Å²) in [5.41, 5.74) is 3.72. The second-order valence-corrected chi connectivity index (χ2v) is 9.35. The fraction of sp³-hybridized carbons (Fsp3) is 0.231. The van der Waals surface area contributed by atoms with Crippen molar-refractivity contribution in [3.05, 3.63) is 93.9 Å². The summed E-state index contributed by atoms with van der Waals surface area (Å²) < 4.78 is 1.37. The quantitative estimate of drug-likeness (QED) is 0.417. The smallest absolute Gasteiger partial charge is 0.275 e. The summed E-state index contributed by atoms with van der Waals surface area (Å²) in [5, 5.41) is 5.24. The molecule has 1 aliphatic rings. The minimum Gasteiger partial charge on any atom is -0.337 e. The highest BCUT2D eigenvalue weighted by Crippen LogP contribution is 2.24. The van der Waals surface area contributed by atoms with Crippen molar-refractivity contribution < 1.29 is 4.79 Å². The number of piperazine rings is 1. The van der Waals surface area contributed by atoms with Crippen molar-refractivity contribution in [2.24, 2.45) is 0 Å². The van der Waals surface area contributed by atoms with Crippen molar-refractivity contribution in [3.8, 4) is 10.6 Å². The van der Waals surface area contributed by atoms with Gasteiger partial charge in [0.25, 0.3) is 5.56 Å². The maximum atomic E-state index is 12.7. The van der Waals surface area contributed by atoms with Crippen LogP contribution in [0.4, 0.5) is 0 Å². The zero-order chi connectivity index (χ0) is 23.5. The maximum Gasteiger partial charge on any atom is 0.275 e. The van der Waals surface area contributed by atoms with E-state index in [-0.39, 0.29) is 11.5 Å². The molecule has 0 spiro atoms. The Morgan fingerprint density at radius 3 is 2.50 bits per heavy atom. The first-order chi connectivity index (χ1) is 16.5.